The highest BCUT2D eigenvalue weighted by Gasteiger charge is 2.27. The summed E-state index contributed by atoms with van der Waals surface area (Å²) in [6, 6.07) is 3.90. The Morgan fingerprint density at radius 1 is 1.15 bits per heavy atom. The zero-order chi connectivity index (χ0) is 28.2. The number of amides is 2. The number of carbonyl (C=O) groups is 2. The fourth-order valence-electron chi connectivity index (χ4n) is 4.83. The molecule has 0 spiro atoms. The van der Waals surface area contributed by atoms with Crippen LogP contribution in [0.25, 0.3) is 0 Å². The Labute approximate surface area is 230 Å². The number of primary amides is 1. The summed E-state index contributed by atoms with van der Waals surface area (Å²) < 4.78 is 11.0. The molecule has 0 saturated carbocycles. The number of alkyl carbamates (subject to hydrolysis) is 1. The van der Waals surface area contributed by atoms with E-state index in [0.717, 1.165) is 62.5 Å². The predicted molar refractivity (Wildman–Crippen MR) is 150 cm³/mol. The van der Waals surface area contributed by atoms with Gasteiger partial charge < -0.3 is 30.7 Å². The third-order valence-electron chi connectivity index (χ3n) is 6.83. The van der Waals surface area contributed by atoms with Crippen molar-refractivity contribution in [1.29, 1.82) is 0 Å². The molecule has 0 bridgehead atoms. The molecule has 2 amide bonds. The van der Waals surface area contributed by atoms with Crippen LogP contribution in [0.1, 0.15) is 93.9 Å². The van der Waals surface area contributed by atoms with E-state index >= 15 is 0 Å². The van der Waals surface area contributed by atoms with E-state index in [1.807, 2.05) is 37.8 Å². The summed E-state index contributed by atoms with van der Waals surface area (Å²) >= 11 is 0. The van der Waals surface area contributed by atoms with Crippen LogP contribution in [0.5, 0.6) is 0 Å². The lowest BCUT2D eigenvalue weighted by Crippen LogP contribution is -2.49. The van der Waals surface area contributed by atoms with Crippen molar-refractivity contribution in [2.75, 3.05) is 36.5 Å². The number of carbonyl (C=O) groups excluding carboxylic acids is 2. The first kappa shape index (κ1) is 28.5. The first-order valence-corrected chi connectivity index (χ1v) is 13.8. The summed E-state index contributed by atoms with van der Waals surface area (Å²) in [4.78, 5) is 40.7. The van der Waals surface area contributed by atoms with Gasteiger partial charge in [-0.1, -0.05) is 13.8 Å². The van der Waals surface area contributed by atoms with Crippen LogP contribution in [0.3, 0.4) is 0 Å². The smallest absolute Gasteiger partial charge is 0.407 e. The van der Waals surface area contributed by atoms with E-state index in [0.29, 0.717) is 24.2 Å². The lowest BCUT2D eigenvalue weighted by molar-refractivity contribution is 0.0499. The maximum atomic E-state index is 12.3. The van der Waals surface area contributed by atoms with Gasteiger partial charge in [0.15, 0.2) is 0 Å². The molecule has 2 aromatic rings. The van der Waals surface area contributed by atoms with E-state index in [-0.39, 0.29) is 17.5 Å². The summed E-state index contributed by atoms with van der Waals surface area (Å²) in [5.41, 5.74) is 8.09. The molecule has 2 aliphatic heterocycles. The number of nitrogens with two attached hydrogens (primary N) is 1. The lowest BCUT2D eigenvalue weighted by atomic mass is 9.94. The fraction of sp³-hybridized carbons (Fsp3) is 0.607. The number of aromatic nitrogens is 3. The Hall–Kier alpha value is -3.47. The molecule has 1 atom stereocenters. The Morgan fingerprint density at radius 3 is 2.56 bits per heavy atom. The quantitative estimate of drug-likeness (QED) is 0.471. The van der Waals surface area contributed by atoms with Gasteiger partial charge in [0.25, 0.3) is 5.91 Å². The van der Waals surface area contributed by atoms with Crippen LogP contribution >= 0.6 is 0 Å². The highest BCUT2D eigenvalue weighted by Crippen LogP contribution is 2.31. The predicted octanol–water partition coefficient (Wildman–Crippen LogP) is 4.23. The average molecular weight is 540 g/mol. The van der Waals surface area contributed by atoms with Gasteiger partial charge in [-0.25, -0.2) is 9.78 Å². The van der Waals surface area contributed by atoms with Gasteiger partial charge in [-0.3, -0.25) is 9.78 Å². The van der Waals surface area contributed by atoms with Crippen molar-refractivity contribution in [3.05, 3.63) is 35.3 Å². The van der Waals surface area contributed by atoms with Gasteiger partial charge in [0.05, 0.1) is 0 Å². The number of hydrogen-bond donors (Lipinski definition) is 3. The molecule has 2 saturated heterocycles. The Morgan fingerprint density at radius 2 is 1.90 bits per heavy atom. The van der Waals surface area contributed by atoms with Crippen molar-refractivity contribution in [2.24, 2.45) is 5.73 Å². The lowest BCUT2D eigenvalue weighted by Gasteiger charge is -2.33. The average Bonchev–Trinajstić information content (AvgIpc) is 2.88. The monoisotopic (exact) mass is 539 g/mol. The fourth-order valence-corrected chi connectivity index (χ4v) is 4.83. The summed E-state index contributed by atoms with van der Waals surface area (Å²) in [5.74, 6) is 0.728. The van der Waals surface area contributed by atoms with E-state index in [9.17, 15) is 9.59 Å². The first-order chi connectivity index (χ1) is 18.5. The third-order valence-corrected chi connectivity index (χ3v) is 6.83. The molecule has 4 heterocycles. The second kappa shape index (κ2) is 12.1. The highest BCUT2D eigenvalue weighted by molar-refractivity contribution is 5.98. The second-order valence-electron chi connectivity index (χ2n) is 11.6. The minimum atomic E-state index is -0.616. The van der Waals surface area contributed by atoms with Crippen LogP contribution in [-0.4, -0.2) is 64.9 Å². The molecule has 2 fully saturated rings. The first-order valence-electron chi connectivity index (χ1n) is 13.8. The summed E-state index contributed by atoms with van der Waals surface area (Å²) in [7, 11) is 0. The van der Waals surface area contributed by atoms with E-state index in [1.54, 1.807) is 0 Å². The van der Waals surface area contributed by atoms with Crippen molar-refractivity contribution in [1.82, 2.24) is 20.3 Å². The van der Waals surface area contributed by atoms with Crippen LogP contribution in [0, 0.1) is 0 Å². The molecule has 0 radical (unpaired) electrons. The number of hydrogen-bond acceptors (Lipinski definition) is 9. The zero-order valence-corrected chi connectivity index (χ0v) is 23.6. The minimum absolute atomic E-state index is 0.111. The number of nitrogens with one attached hydrogen (secondary N) is 2. The van der Waals surface area contributed by atoms with Crippen LogP contribution in [0.2, 0.25) is 0 Å². The molecular formula is C28H41N7O4. The van der Waals surface area contributed by atoms with E-state index in [1.165, 1.54) is 6.20 Å². The molecular weight excluding hydrogens is 498 g/mol. The van der Waals surface area contributed by atoms with Crippen LogP contribution in [0.4, 0.5) is 22.2 Å². The van der Waals surface area contributed by atoms with Crippen LogP contribution in [-0.2, 0) is 9.47 Å². The Balaban J connectivity index is 1.57. The van der Waals surface area contributed by atoms with Gasteiger partial charge in [0, 0.05) is 61.5 Å². The van der Waals surface area contributed by atoms with E-state index < -0.39 is 17.6 Å². The largest absolute Gasteiger partial charge is 0.444 e. The number of rotatable bonds is 7. The van der Waals surface area contributed by atoms with Gasteiger partial charge in [-0.05, 0) is 64.5 Å². The van der Waals surface area contributed by atoms with Gasteiger partial charge >= 0.3 is 6.09 Å². The summed E-state index contributed by atoms with van der Waals surface area (Å²) in [6.45, 7) is 12.4. The van der Waals surface area contributed by atoms with Crippen molar-refractivity contribution in [3.63, 3.8) is 0 Å². The molecule has 0 aromatic carbocycles. The van der Waals surface area contributed by atoms with Gasteiger partial charge in [-0.2, -0.15) is 4.98 Å². The molecule has 0 unspecified atom stereocenters. The maximum absolute atomic E-state index is 12.3. The van der Waals surface area contributed by atoms with Crippen LogP contribution in [0.15, 0.2) is 18.3 Å². The Bertz CT molecular complexity index is 1170. The second-order valence-corrected chi connectivity index (χ2v) is 11.6. The molecule has 0 aliphatic carbocycles. The van der Waals surface area contributed by atoms with Crippen molar-refractivity contribution in [2.45, 2.75) is 83.8 Å². The number of piperidine rings is 1. The van der Waals surface area contributed by atoms with Crippen molar-refractivity contribution >= 4 is 29.5 Å². The molecule has 4 rings (SSSR count). The van der Waals surface area contributed by atoms with Crippen LogP contribution < -0.4 is 21.3 Å². The van der Waals surface area contributed by atoms with Gasteiger partial charge in [0.2, 0.25) is 5.95 Å². The minimum Gasteiger partial charge on any atom is -0.444 e. The summed E-state index contributed by atoms with van der Waals surface area (Å²) in [6.07, 6.45) is 4.53. The number of anilines is 3. The molecule has 4 N–H and O–H groups in total. The Kier molecular flexibility index (Phi) is 8.89. The van der Waals surface area contributed by atoms with E-state index in [4.69, 9.17) is 25.2 Å². The summed E-state index contributed by atoms with van der Waals surface area (Å²) in [5, 5.41) is 6.29. The highest BCUT2D eigenvalue weighted by atomic mass is 16.6. The molecule has 11 nitrogen and oxygen atoms in total. The molecule has 11 heteroatoms. The van der Waals surface area contributed by atoms with Gasteiger partial charge in [-0.15, -0.1) is 0 Å². The topological polar surface area (TPSA) is 145 Å². The standard InChI is InChI=1S/C28H41N7O4/c1-17(2)22-13-20(14-23(33-22)18-8-11-38-12-9-18)31-25-21(24(29)36)15-30-26(34-25)35-10-6-7-19(16-35)32-27(37)39-28(3,4)5/h13-15,17-19H,6-12,16H2,1-5H3,(H2,29,36)(H,32,37)(H,30,31,33,34)/t19-/m0/s1. The molecule has 2 aliphatic rings. The zero-order valence-electron chi connectivity index (χ0n) is 23.6. The number of nitrogens with zero attached hydrogens (tertiary/aromatic N) is 4. The van der Waals surface area contributed by atoms with Crippen molar-refractivity contribution in [3.8, 4) is 0 Å². The normalized spacial score (nSPS) is 18.6. The molecule has 212 valence electrons. The third kappa shape index (κ3) is 7.78. The van der Waals surface area contributed by atoms with Gasteiger partial charge in [0.1, 0.15) is 17.0 Å². The molecule has 2 aromatic heterocycles. The van der Waals surface area contributed by atoms with Crippen molar-refractivity contribution < 1.29 is 19.1 Å². The SMILES string of the molecule is CC(C)c1cc(Nc2nc(N3CCC[C@H](NC(=O)OC(C)(C)C)C3)ncc2C(N)=O)cc(C2CCOCC2)n1. The molecule has 39 heavy (non-hydrogen) atoms. The number of ether oxygens (including phenoxy) is 2. The van der Waals surface area contributed by atoms with E-state index in [2.05, 4.69) is 29.5 Å². The maximum Gasteiger partial charge on any atom is 0.407 e. The number of pyridine rings is 1.